The van der Waals surface area contributed by atoms with E-state index < -0.39 is 10.0 Å². The smallest absolute Gasteiger partial charge is 0.250 e. The maximum absolute atomic E-state index is 11.9. The predicted octanol–water partition coefficient (Wildman–Crippen LogP) is 0.750. The van der Waals surface area contributed by atoms with Gasteiger partial charge >= 0.3 is 0 Å². The van der Waals surface area contributed by atoms with Gasteiger partial charge in [0.2, 0.25) is 10.0 Å². The van der Waals surface area contributed by atoms with Crippen LogP contribution in [0.15, 0.2) is 16.3 Å². The first kappa shape index (κ1) is 13.0. The Morgan fingerprint density at radius 2 is 2.29 bits per heavy atom. The van der Waals surface area contributed by atoms with Gasteiger partial charge in [-0.05, 0) is 19.1 Å². The quantitative estimate of drug-likeness (QED) is 0.882. The highest BCUT2D eigenvalue weighted by atomic mass is 32.2. The second-order valence-electron chi connectivity index (χ2n) is 3.78. The van der Waals surface area contributed by atoms with E-state index in [2.05, 4.69) is 4.72 Å². The third kappa shape index (κ3) is 3.49. The fourth-order valence-electron chi connectivity index (χ4n) is 1.48. The van der Waals surface area contributed by atoms with Crippen molar-refractivity contribution in [1.82, 2.24) is 4.72 Å². The first-order valence-corrected chi connectivity index (χ1v) is 7.63. The van der Waals surface area contributed by atoms with Crippen LogP contribution in [-0.4, -0.2) is 40.9 Å². The van der Waals surface area contributed by atoms with Crippen LogP contribution in [0.1, 0.15) is 4.88 Å². The summed E-state index contributed by atoms with van der Waals surface area (Å²) in [5.41, 5.74) is 0. The van der Waals surface area contributed by atoms with Gasteiger partial charge < -0.3 is 9.47 Å². The summed E-state index contributed by atoms with van der Waals surface area (Å²) in [6.45, 7) is 3.66. The number of sulfonamides is 1. The Hall–Kier alpha value is -0.470. The molecule has 0 amide bonds. The Balaban J connectivity index is 1.93. The van der Waals surface area contributed by atoms with E-state index in [1.54, 1.807) is 12.1 Å². The number of thiophene rings is 1. The van der Waals surface area contributed by atoms with Crippen molar-refractivity contribution in [1.29, 1.82) is 0 Å². The van der Waals surface area contributed by atoms with Crippen LogP contribution in [-0.2, 0) is 19.5 Å². The summed E-state index contributed by atoms with van der Waals surface area (Å²) in [6.07, 6.45) is -0.195. The molecule has 5 nitrogen and oxygen atoms in total. The average Bonchev–Trinajstić information content (AvgIpc) is 2.76. The van der Waals surface area contributed by atoms with E-state index in [0.717, 1.165) is 4.88 Å². The molecule has 0 spiro atoms. The van der Waals surface area contributed by atoms with Crippen LogP contribution >= 0.6 is 11.3 Å². The van der Waals surface area contributed by atoms with Crippen LogP contribution in [0.25, 0.3) is 0 Å². The van der Waals surface area contributed by atoms with Crippen molar-refractivity contribution in [2.75, 3.05) is 26.4 Å². The number of aryl methyl sites for hydroxylation is 1. The highest BCUT2D eigenvalue weighted by Gasteiger charge is 2.20. The van der Waals surface area contributed by atoms with Crippen molar-refractivity contribution < 1.29 is 17.9 Å². The molecule has 0 saturated carbocycles. The van der Waals surface area contributed by atoms with Gasteiger partial charge in [0.1, 0.15) is 4.21 Å². The fraction of sp³-hybridized carbons (Fsp3) is 0.600. The molecule has 1 unspecified atom stereocenters. The lowest BCUT2D eigenvalue weighted by molar-refractivity contribution is -0.0846. The van der Waals surface area contributed by atoms with Gasteiger partial charge in [0.05, 0.1) is 25.9 Å². The molecule has 0 bridgehead atoms. The zero-order valence-electron chi connectivity index (χ0n) is 9.51. The van der Waals surface area contributed by atoms with Crippen LogP contribution in [0.2, 0.25) is 0 Å². The standard InChI is InChI=1S/C10H15NO4S2/c1-8-2-3-10(16-8)17(12,13)11-6-9-7-14-4-5-15-9/h2-3,9,11H,4-7H2,1H3. The van der Waals surface area contributed by atoms with Crippen molar-refractivity contribution in [3.05, 3.63) is 17.0 Å². The topological polar surface area (TPSA) is 64.6 Å². The molecule has 1 aliphatic rings. The number of ether oxygens (including phenoxy) is 2. The number of hydrogen-bond acceptors (Lipinski definition) is 5. The van der Waals surface area contributed by atoms with Gasteiger partial charge in [-0.15, -0.1) is 11.3 Å². The van der Waals surface area contributed by atoms with Crippen molar-refractivity contribution in [3.8, 4) is 0 Å². The summed E-state index contributed by atoms with van der Waals surface area (Å²) in [5, 5.41) is 0. The van der Waals surface area contributed by atoms with Crippen LogP contribution in [0.5, 0.6) is 0 Å². The van der Waals surface area contributed by atoms with Crippen molar-refractivity contribution in [2.45, 2.75) is 17.2 Å². The van der Waals surface area contributed by atoms with E-state index in [9.17, 15) is 8.42 Å². The number of nitrogens with one attached hydrogen (secondary N) is 1. The molecule has 1 aliphatic heterocycles. The number of rotatable bonds is 4. The minimum atomic E-state index is -3.41. The van der Waals surface area contributed by atoms with E-state index >= 15 is 0 Å². The molecular formula is C10H15NO4S2. The third-order valence-electron chi connectivity index (χ3n) is 2.37. The van der Waals surface area contributed by atoms with Gasteiger partial charge in [0.15, 0.2) is 0 Å². The second-order valence-corrected chi connectivity index (χ2v) is 7.07. The Morgan fingerprint density at radius 3 is 2.88 bits per heavy atom. The summed E-state index contributed by atoms with van der Waals surface area (Å²) >= 11 is 1.26. The molecule has 2 heterocycles. The van der Waals surface area contributed by atoms with Gasteiger partial charge in [-0.25, -0.2) is 13.1 Å². The summed E-state index contributed by atoms with van der Waals surface area (Å²) in [5.74, 6) is 0. The Kier molecular flexibility index (Phi) is 4.16. The van der Waals surface area contributed by atoms with Crippen LogP contribution in [0.4, 0.5) is 0 Å². The lowest BCUT2D eigenvalue weighted by atomic mass is 10.3. The highest BCUT2D eigenvalue weighted by molar-refractivity contribution is 7.91. The lowest BCUT2D eigenvalue weighted by Crippen LogP contribution is -2.39. The van der Waals surface area contributed by atoms with Crippen molar-refractivity contribution in [2.24, 2.45) is 0 Å². The molecule has 7 heteroatoms. The minimum Gasteiger partial charge on any atom is -0.376 e. The maximum Gasteiger partial charge on any atom is 0.250 e. The first-order chi connectivity index (χ1) is 8.08. The van der Waals surface area contributed by atoms with E-state index in [-0.39, 0.29) is 12.6 Å². The molecule has 1 aromatic heterocycles. The predicted molar refractivity (Wildman–Crippen MR) is 64.8 cm³/mol. The molecule has 2 rings (SSSR count). The highest BCUT2D eigenvalue weighted by Crippen LogP contribution is 2.20. The molecule has 0 radical (unpaired) electrons. The molecule has 1 saturated heterocycles. The van der Waals surface area contributed by atoms with Gasteiger partial charge in [-0.3, -0.25) is 0 Å². The van der Waals surface area contributed by atoms with Gasteiger partial charge in [-0.1, -0.05) is 0 Å². The average molecular weight is 277 g/mol. The largest absolute Gasteiger partial charge is 0.376 e. The molecule has 96 valence electrons. The van der Waals surface area contributed by atoms with E-state index in [0.29, 0.717) is 24.0 Å². The van der Waals surface area contributed by atoms with Crippen LogP contribution < -0.4 is 4.72 Å². The molecule has 1 atom stereocenters. The Bertz CT molecular complexity index is 462. The molecule has 1 N–H and O–H groups in total. The summed E-state index contributed by atoms with van der Waals surface area (Å²) in [4.78, 5) is 0.975. The minimum absolute atomic E-state index is 0.195. The Labute approximate surface area is 105 Å². The van der Waals surface area contributed by atoms with E-state index in [4.69, 9.17) is 9.47 Å². The SMILES string of the molecule is Cc1ccc(S(=O)(=O)NCC2COCCO2)s1. The zero-order valence-corrected chi connectivity index (χ0v) is 11.1. The third-order valence-corrected chi connectivity index (χ3v) is 5.28. The monoisotopic (exact) mass is 277 g/mol. The molecule has 1 fully saturated rings. The molecule has 0 aromatic carbocycles. The fourth-order valence-corrected chi connectivity index (χ4v) is 3.88. The van der Waals surface area contributed by atoms with E-state index in [1.165, 1.54) is 11.3 Å². The van der Waals surface area contributed by atoms with Crippen LogP contribution in [0, 0.1) is 6.92 Å². The van der Waals surface area contributed by atoms with Gasteiger partial charge in [-0.2, -0.15) is 0 Å². The zero-order chi connectivity index (χ0) is 12.3. The lowest BCUT2D eigenvalue weighted by Gasteiger charge is -2.22. The summed E-state index contributed by atoms with van der Waals surface area (Å²) < 4.78 is 37.2. The maximum atomic E-state index is 11.9. The van der Waals surface area contributed by atoms with E-state index in [1.807, 2.05) is 6.92 Å². The van der Waals surface area contributed by atoms with Crippen LogP contribution in [0.3, 0.4) is 0 Å². The van der Waals surface area contributed by atoms with Gasteiger partial charge in [0.25, 0.3) is 0 Å². The first-order valence-electron chi connectivity index (χ1n) is 5.33. The van der Waals surface area contributed by atoms with Gasteiger partial charge in [0, 0.05) is 11.4 Å². The Morgan fingerprint density at radius 1 is 1.47 bits per heavy atom. The molecular weight excluding hydrogens is 262 g/mol. The summed E-state index contributed by atoms with van der Waals surface area (Å²) in [6, 6.07) is 3.40. The number of hydrogen-bond donors (Lipinski definition) is 1. The molecule has 17 heavy (non-hydrogen) atoms. The normalized spacial score (nSPS) is 21.6. The molecule has 0 aliphatic carbocycles. The molecule has 1 aromatic rings. The van der Waals surface area contributed by atoms with Crippen molar-refractivity contribution in [3.63, 3.8) is 0 Å². The van der Waals surface area contributed by atoms with Crippen molar-refractivity contribution >= 4 is 21.4 Å². The summed E-state index contributed by atoms with van der Waals surface area (Å²) in [7, 11) is -3.41. The second kappa shape index (κ2) is 5.45.